The van der Waals surface area contributed by atoms with Crippen molar-refractivity contribution in [2.24, 2.45) is 4.99 Å². The summed E-state index contributed by atoms with van der Waals surface area (Å²) in [4.78, 5) is 17.1. The van der Waals surface area contributed by atoms with E-state index < -0.39 is 6.09 Å². The predicted octanol–water partition coefficient (Wildman–Crippen LogP) is 2.59. The molecule has 0 saturated carbocycles. The van der Waals surface area contributed by atoms with Gasteiger partial charge < -0.3 is 14.7 Å². The Hall–Kier alpha value is -1.88. The fourth-order valence-corrected chi connectivity index (χ4v) is 2.39. The number of likely N-dealkylation sites (tertiary alicyclic amines) is 1. The van der Waals surface area contributed by atoms with E-state index >= 15 is 0 Å². The highest BCUT2D eigenvalue weighted by molar-refractivity contribution is 5.91. The average Bonchev–Trinajstić information content (AvgIpc) is 2.48. The summed E-state index contributed by atoms with van der Waals surface area (Å²) in [5.41, 5.74) is 2.09. The average molecular weight is 276 g/mol. The van der Waals surface area contributed by atoms with Crippen LogP contribution in [0.1, 0.15) is 24.9 Å². The third kappa shape index (κ3) is 3.36. The maximum absolute atomic E-state index is 11.0. The maximum Gasteiger partial charge on any atom is 0.407 e. The number of hydrogen-bond donors (Lipinski definition) is 1. The highest BCUT2D eigenvalue weighted by Gasteiger charge is 2.28. The van der Waals surface area contributed by atoms with Gasteiger partial charge in [-0.3, -0.25) is 4.99 Å². The lowest BCUT2D eigenvalue weighted by Gasteiger charge is -2.31. The molecule has 0 aromatic heterocycles. The van der Waals surface area contributed by atoms with E-state index in [4.69, 9.17) is 14.8 Å². The van der Waals surface area contributed by atoms with Crippen LogP contribution in [-0.2, 0) is 4.74 Å². The Kier molecular flexibility index (Phi) is 4.74. The number of ether oxygens (including phenoxy) is 1. The van der Waals surface area contributed by atoms with Gasteiger partial charge in [-0.15, -0.1) is 0 Å². The number of hydrogen-bond acceptors (Lipinski definition) is 3. The van der Waals surface area contributed by atoms with Gasteiger partial charge in [0.05, 0.1) is 12.6 Å². The summed E-state index contributed by atoms with van der Waals surface area (Å²) >= 11 is 0. The van der Waals surface area contributed by atoms with Gasteiger partial charge in [0.2, 0.25) is 0 Å². The van der Waals surface area contributed by atoms with E-state index in [2.05, 4.69) is 0 Å². The summed E-state index contributed by atoms with van der Waals surface area (Å²) in [5, 5.41) is 9.03. The van der Waals surface area contributed by atoms with E-state index in [9.17, 15) is 4.79 Å². The second kappa shape index (κ2) is 6.52. The Labute approximate surface area is 118 Å². The lowest BCUT2D eigenvalue weighted by molar-refractivity contribution is 0.0858. The Morgan fingerprint density at radius 1 is 1.45 bits per heavy atom. The van der Waals surface area contributed by atoms with Gasteiger partial charge >= 0.3 is 6.09 Å². The van der Waals surface area contributed by atoms with Crippen LogP contribution in [-0.4, -0.2) is 48.1 Å². The van der Waals surface area contributed by atoms with E-state index in [0.717, 1.165) is 11.3 Å². The largest absolute Gasteiger partial charge is 0.465 e. The quantitative estimate of drug-likeness (QED) is 0.923. The number of nitrogens with zero attached hydrogens (tertiary/aromatic N) is 2. The van der Waals surface area contributed by atoms with Crippen molar-refractivity contribution in [2.45, 2.75) is 25.5 Å². The molecule has 1 heterocycles. The number of piperidine rings is 1. The van der Waals surface area contributed by atoms with Crippen molar-refractivity contribution in [1.29, 1.82) is 0 Å². The molecule has 0 bridgehead atoms. The molecule has 20 heavy (non-hydrogen) atoms. The molecule has 1 aliphatic heterocycles. The highest BCUT2D eigenvalue weighted by atomic mass is 16.5. The van der Waals surface area contributed by atoms with Crippen LogP contribution in [0.3, 0.4) is 0 Å². The van der Waals surface area contributed by atoms with Crippen LogP contribution in [0, 0.1) is 0 Å². The topological polar surface area (TPSA) is 62.1 Å². The standard InChI is InChI=1S/C15H20N2O3/c1-11(12-6-4-3-5-7-12)16-13-8-9-17(15(18)19)10-14(13)20-2/h3-7,11,14H,8-10H2,1-2H3,(H,18,19)/t11?,14-/m0/s1. The van der Waals surface area contributed by atoms with Crippen molar-refractivity contribution >= 4 is 11.8 Å². The lowest BCUT2D eigenvalue weighted by atomic mass is 10.0. The summed E-state index contributed by atoms with van der Waals surface area (Å²) in [6.45, 7) is 2.88. The number of carboxylic acid groups (broad SMARTS) is 1. The number of rotatable bonds is 3. The molecule has 108 valence electrons. The number of amides is 1. The Bertz CT molecular complexity index is 487. The van der Waals surface area contributed by atoms with Gasteiger partial charge in [-0.2, -0.15) is 0 Å². The van der Waals surface area contributed by atoms with Crippen LogP contribution in [0.5, 0.6) is 0 Å². The van der Waals surface area contributed by atoms with Crippen LogP contribution in [0.2, 0.25) is 0 Å². The van der Waals surface area contributed by atoms with Crippen molar-refractivity contribution in [1.82, 2.24) is 4.90 Å². The number of methoxy groups -OCH3 is 1. The Morgan fingerprint density at radius 3 is 2.75 bits per heavy atom. The zero-order chi connectivity index (χ0) is 14.5. The van der Waals surface area contributed by atoms with E-state index in [1.54, 1.807) is 7.11 Å². The lowest BCUT2D eigenvalue weighted by Crippen LogP contribution is -2.47. The summed E-state index contributed by atoms with van der Waals surface area (Å²) in [5.74, 6) is 0. The smallest absolute Gasteiger partial charge is 0.407 e. The molecule has 1 amide bonds. The van der Waals surface area contributed by atoms with Gasteiger partial charge in [0, 0.05) is 25.8 Å². The van der Waals surface area contributed by atoms with Crippen LogP contribution >= 0.6 is 0 Å². The van der Waals surface area contributed by atoms with Gasteiger partial charge in [-0.05, 0) is 12.5 Å². The minimum atomic E-state index is -0.901. The third-order valence-electron chi connectivity index (χ3n) is 3.59. The van der Waals surface area contributed by atoms with Gasteiger partial charge in [0.25, 0.3) is 0 Å². The van der Waals surface area contributed by atoms with Crippen LogP contribution in [0.25, 0.3) is 0 Å². The van der Waals surface area contributed by atoms with E-state index in [1.807, 2.05) is 37.3 Å². The maximum atomic E-state index is 11.0. The van der Waals surface area contributed by atoms with Crippen molar-refractivity contribution < 1.29 is 14.6 Å². The summed E-state index contributed by atoms with van der Waals surface area (Å²) < 4.78 is 5.39. The molecule has 1 N–H and O–H groups in total. The molecule has 1 aromatic rings. The van der Waals surface area contributed by atoms with Gasteiger partial charge in [-0.25, -0.2) is 4.79 Å². The second-order valence-electron chi connectivity index (χ2n) is 4.91. The first kappa shape index (κ1) is 14.5. The first-order chi connectivity index (χ1) is 9.61. The minimum absolute atomic E-state index is 0.0558. The molecule has 1 unspecified atom stereocenters. The van der Waals surface area contributed by atoms with Crippen LogP contribution in [0.15, 0.2) is 35.3 Å². The van der Waals surface area contributed by atoms with Crippen LogP contribution in [0.4, 0.5) is 4.79 Å². The van der Waals surface area contributed by atoms with E-state index in [-0.39, 0.29) is 12.1 Å². The molecule has 0 radical (unpaired) electrons. The molecule has 1 aliphatic rings. The van der Waals surface area contributed by atoms with E-state index in [0.29, 0.717) is 19.5 Å². The Balaban J connectivity index is 2.11. The first-order valence-corrected chi connectivity index (χ1v) is 6.74. The zero-order valence-electron chi connectivity index (χ0n) is 11.8. The molecule has 5 nitrogen and oxygen atoms in total. The van der Waals surface area contributed by atoms with Crippen molar-refractivity contribution in [3.8, 4) is 0 Å². The fourth-order valence-electron chi connectivity index (χ4n) is 2.39. The summed E-state index contributed by atoms with van der Waals surface area (Å²) in [7, 11) is 1.60. The molecule has 5 heteroatoms. The van der Waals surface area contributed by atoms with Crippen LogP contribution < -0.4 is 0 Å². The number of carbonyl (C=O) groups is 1. The molecule has 2 rings (SSSR count). The highest BCUT2D eigenvalue weighted by Crippen LogP contribution is 2.20. The van der Waals surface area contributed by atoms with Crippen molar-refractivity contribution in [3.63, 3.8) is 0 Å². The molecule has 2 atom stereocenters. The Morgan fingerprint density at radius 2 is 2.15 bits per heavy atom. The second-order valence-corrected chi connectivity index (χ2v) is 4.91. The van der Waals surface area contributed by atoms with Gasteiger partial charge in [0.1, 0.15) is 6.10 Å². The summed E-state index contributed by atoms with van der Waals surface area (Å²) in [6.07, 6.45) is -0.518. The molecule has 1 saturated heterocycles. The molecule has 1 aromatic carbocycles. The molecule has 0 aliphatic carbocycles. The third-order valence-corrected chi connectivity index (χ3v) is 3.59. The number of aliphatic imine (C=N–C) groups is 1. The van der Waals surface area contributed by atoms with E-state index in [1.165, 1.54) is 4.90 Å². The number of benzene rings is 1. The molecule has 1 fully saturated rings. The summed E-state index contributed by atoms with van der Waals surface area (Å²) in [6, 6.07) is 10.1. The first-order valence-electron chi connectivity index (χ1n) is 6.74. The monoisotopic (exact) mass is 276 g/mol. The molecule has 0 spiro atoms. The molecular weight excluding hydrogens is 256 g/mol. The van der Waals surface area contributed by atoms with Crippen molar-refractivity contribution in [2.75, 3.05) is 20.2 Å². The predicted molar refractivity (Wildman–Crippen MR) is 77.3 cm³/mol. The fraction of sp³-hybridized carbons (Fsp3) is 0.467. The molecular formula is C15H20N2O3. The van der Waals surface area contributed by atoms with Gasteiger partial charge in [-0.1, -0.05) is 30.3 Å². The zero-order valence-corrected chi connectivity index (χ0v) is 11.8. The van der Waals surface area contributed by atoms with Crippen molar-refractivity contribution in [3.05, 3.63) is 35.9 Å². The minimum Gasteiger partial charge on any atom is -0.465 e. The SMILES string of the molecule is CO[C@H]1CN(C(=O)O)CCC1=NC(C)c1ccccc1. The van der Waals surface area contributed by atoms with Gasteiger partial charge in [0.15, 0.2) is 0 Å². The normalized spacial score (nSPS) is 22.8.